The highest BCUT2D eigenvalue weighted by Gasteiger charge is 2.11. The summed E-state index contributed by atoms with van der Waals surface area (Å²) in [5.74, 6) is -0.0308. The smallest absolute Gasteiger partial charge is 0.230 e. The van der Waals surface area contributed by atoms with E-state index in [-0.39, 0.29) is 5.91 Å². The number of hydrogen-bond acceptors (Lipinski definition) is 4. The summed E-state index contributed by atoms with van der Waals surface area (Å²) in [5.41, 5.74) is 3.97. The number of carbonyl (C=O) groups excluding carboxylic acids is 1. The van der Waals surface area contributed by atoms with Crippen LogP contribution in [-0.4, -0.2) is 10.9 Å². The molecule has 1 aromatic carbocycles. The molecule has 0 atom stereocenters. The molecule has 3 rings (SSSR count). The fourth-order valence-corrected chi connectivity index (χ4v) is 3.78. The number of thiazole rings is 1. The maximum atomic E-state index is 12.2. The number of nitrogens with zero attached hydrogens (tertiary/aromatic N) is 1. The van der Waals surface area contributed by atoms with Crippen molar-refractivity contribution in [3.8, 4) is 9.88 Å². The second kappa shape index (κ2) is 6.42. The first-order valence-corrected chi connectivity index (χ1v) is 8.74. The highest BCUT2D eigenvalue weighted by molar-refractivity contribution is 7.20. The Morgan fingerprint density at radius 1 is 1.18 bits per heavy atom. The van der Waals surface area contributed by atoms with Gasteiger partial charge < -0.3 is 5.32 Å². The molecule has 1 amide bonds. The molecule has 2 heterocycles. The predicted octanol–water partition coefficient (Wildman–Crippen LogP) is 4.67. The van der Waals surface area contributed by atoms with Crippen LogP contribution in [0.3, 0.4) is 0 Å². The SMILES string of the molecule is Cc1cccc(NC(=O)Cc2csc(-c3cccs3)n2)c1C. The van der Waals surface area contributed by atoms with Gasteiger partial charge in [-0.2, -0.15) is 0 Å². The van der Waals surface area contributed by atoms with Gasteiger partial charge in [-0.05, 0) is 42.5 Å². The van der Waals surface area contributed by atoms with Crippen molar-refractivity contribution < 1.29 is 4.79 Å². The molecule has 22 heavy (non-hydrogen) atoms. The highest BCUT2D eigenvalue weighted by atomic mass is 32.1. The second-order valence-corrected chi connectivity index (χ2v) is 6.90. The zero-order valence-corrected chi connectivity index (χ0v) is 14.1. The molecule has 112 valence electrons. The summed E-state index contributed by atoms with van der Waals surface area (Å²) in [4.78, 5) is 17.9. The average Bonchev–Trinajstić information content (AvgIpc) is 3.14. The minimum atomic E-state index is -0.0308. The number of aromatic nitrogens is 1. The molecule has 1 N–H and O–H groups in total. The Morgan fingerprint density at radius 3 is 2.82 bits per heavy atom. The standard InChI is InChI=1S/C17H16N2OS2/c1-11-5-3-6-14(12(11)2)19-16(20)9-13-10-22-17(18-13)15-7-4-8-21-15/h3-8,10H,9H2,1-2H3,(H,19,20). The fraction of sp³-hybridized carbons (Fsp3) is 0.176. The summed E-state index contributed by atoms with van der Waals surface area (Å²) in [5, 5.41) is 7.94. The van der Waals surface area contributed by atoms with Gasteiger partial charge >= 0.3 is 0 Å². The van der Waals surface area contributed by atoms with Gasteiger partial charge in [0.05, 0.1) is 17.0 Å². The van der Waals surface area contributed by atoms with Gasteiger partial charge in [-0.15, -0.1) is 22.7 Å². The summed E-state index contributed by atoms with van der Waals surface area (Å²) in [6.45, 7) is 4.06. The van der Waals surface area contributed by atoms with Crippen LogP contribution < -0.4 is 5.32 Å². The van der Waals surface area contributed by atoms with E-state index in [1.807, 2.05) is 54.9 Å². The lowest BCUT2D eigenvalue weighted by molar-refractivity contribution is -0.115. The number of aryl methyl sites for hydroxylation is 1. The first kappa shape index (κ1) is 14.9. The lowest BCUT2D eigenvalue weighted by atomic mass is 10.1. The number of carbonyl (C=O) groups is 1. The van der Waals surface area contributed by atoms with E-state index in [1.165, 1.54) is 5.56 Å². The Balaban J connectivity index is 1.68. The van der Waals surface area contributed by atoms with Crippen molar-refractivity contribution in [1.29, 1.82) is 0 Å². The van der Waals surface area contributed by atoms with Gasteiger partial charge in [0.2, 0.25) is 5.91 Å². The van der Waals surface area contributed by atoms with E-state index < -0.39 is 0 Å². The van der Waals surface area contributed by atoms with Crippen LogP contribution in [0.4, 0.5) is 5.69 Å². The van der Waals surface area contributed by atoms with Crippen LogP contribution in [0.5, 0.6) is 0 Å². The molecule has 0 radical (unpaired) electrons. The van der Waals surface area contributed by atoms with Crippen molar-refractivity contribution in [3.63, 3.8) is 0 Å². The highest BCUT2D eigenvalue weighted by Crippen LogP contribution is 2.28. The van der Waals surface area contributed by atoms with Crippen LogP contribution in [0.15, 0.2) is 41.1 Å². The Hall–Kier alpha value is -1.98. The first-order chi connectivity index (χ1) is 10.6. The second-order valence-electron chi connectivity index (χ2n) is 5.09. The maximum absolute atomic E-state index is 12.2. The van der Waals surface area contributed by atoms with Crippen LogP contribution in [0.1, 0.15) is 16.8 Å². The van der Waals surface area contributed by atoms with Gasteiger partial charge in [-0.3, -0.25) is 4.79 Å². The Kier molecular flexibility index (Phi) is 4.36. The topological polar surface area (TPSA) is 42.0 Å². The average molecular weight is 328 g/mol. The first-order valence-electron chi connectivity index (χ1n) is 6.98. The number of nitrogens with one attached hydrogen (secondary N) is 1. The quantitative estimate of drug-likeness (QED) is 0.756. The molecule has 0 saturated heterocycles. The van der Waals surface area contributed by atoms with Crippen molar-refractivity contribution >= 4 is 34.3 Å². The van der Waals surface area contributed by atoms with Crippen LogP contribution in [0, 0.1) is 13.8 Å². The summed E-state index contributed by atoms with van der Waals surface area (Å²) < 4.78 is 0. The van der Waals surface area contributed by atoms with Crippen molar-refractivity contribution in [3.05, 3.63) is 57.9 Å². The molecule has 0 fully saturated rings. The summed E-state index contributed by atoms with van der Waals surface area (Å²) in [7, 11) is 0. The van der Waals surface area contributed by atoms with Gasteiger partial charge in [0.25, 0.3) is 0 Å². The third kappa shape index (κ3) is 3.26. The molecular weight excluding hydrogens is 312 g/mol. The molecule has 0 spiro atoms. The van der Waals surface area contributed by atoms with E-state index in [0.717, 1.165) is 26.8 Å². The molecule has 3 nitrogen and oxygen atoms in total. The van der Waals surface area contributed by atoms with Crippen molar-refractivity contribution in [2.75, 3.05) is 5.32 Å². The molecule has 0 unspecified atom stereocenters. The van der Waals surface area contributed by atoms with Crippen molar-refractivity contribution in [1.82, 2.24) is 4.98 Å². The zero-order chi connectivity index (χ0) is 15.5. The van der Waals surface area contributed by atoms with E-state index in [0.29, 0.717) is 6.42 Å². The van der Waals surface area contributed by atoms with Crippen LogP contribution in [-0.2, 0) is 11.2 Å². The summed E-state index contributed by atoms with van der Waals surface area (Å²) in [6, 6.07) is 9.98. The lowest BCUT2D eigenvalue weighted by Gasteiger charge is -2.09. The van der Waals surface area contributed by atoms with E-state index in [1.54, 1.807) is 22.7 Å². The van der Waals surface area contributed by atoms with Gasteiger partial charge in [-0.1, -0.05) is 18.2 Å². The number of thiophene rings is 1. The maximum Gasteiger partial charge on any atom is 0.230 e. The largest absolute Gasteiger partial charge is 0.325 e. The van der Waals surface area contributed by atoms with Gasteiger partial charge in [0, 0.05) is 11.1 Å². The summed E-state index contributed by atoms with van der Waals surface area (Å²) in [6.07, 6.45) is 0.301. The lowest BCUT2D eigenvalue weighted by Crippen LogP contribution is -2.15. The number of benzene rings is 1. The Labute approximate surface area is 137 Å². The molecule has 0 saturated carbocycles. The summed E-state index contributed by atoms with van der Waals surface area (Å²) >= 11 is 3.24. The van der Waals surface area contributed by atoms with E-state index in [9.17, 15) is 4.79 Å². The van der Waals surface area contributed by atoms with Gasteiger partial charge in [-0.25, -0.2) is 4.98 Å². The van der Waals surface area contributed by atoms with Crippen LogP contribution >= 0.6 is 22.7 Å². The molecular formula is C17H16N2OS2. The third-order valence-corrected chi connectivity index (χ3v) is 5.43. The molecule has 0 aliphatic carbocycles. The molecule has 5 heteroatoms. The van der Waals surface area contributed by atoms with Crippen molar-refractivity contribution in [2.45, 2.75) is 20.3 Å². The predicted molar refractivity (Wildman–Crippen MR) is 93.7 cm³/mol. The monoisotopic (exact) mass is 328 g/mol. The van der Waals surface area contributed by atoms with E-state index in [4.69, 9.17) is 0 Å². The molecule has 3 aromatic rings. The number of anilines is 1. The number of rotatable bonds is 4. The fourth-order valence-electron chi connectivity index (χ4n) is 2.15. The van der Waals surface area contributed by atoms with Crippen LogP contribution in [0.25, 0.3) is 9.88 Å². The van der Waals surface area contributed by atoms with Gasteiger partial charge in [0.1, 0.15) is 5.01 Å². The minimum absolute atomic E-state index is 0.0308. The molecule has 0 aliphatic rings. The van der Waals surface area contributed by atoms with E-state index >= 15 is 0 Å². The van der Waals surface area contributed by atoms with Gasteiger partial charge in [0.15, 0.2) is 0 Å². The minimum Gasteiger partial charge on any atom is -0.325 e. The Bertz CT molecular complexity index is 791. The number of hydrogen-bond donors (Lipinski definition) is 1. The Morgan fingerprint density at radius 2 is 2.05 bits per heavy atom. The normalized spacial score (nSPS) is 10.6. The molecule has 2 aromatic heterocycles. The van der Waals surface area contributed by atoms with E-state index in [2.05, 4.69) is 10.3 Å². The zero-order valence-electron chi connectivity index (χ0n) is 12.4. The molecule has 0 bridgehead atoms. The molecule has 0 aliphatic heterocycles. The van der Waals surface area contributed by atoms with Crippen LogP contribution in [0.2, 0.25) is 0 Å². The van der Waals surface area contributed by atoms with Crippen molar-refractivity contribution in [2.24, 2.45) is 0 Å². The third-order valence-electron chi connectivity index (χ3n) is 3.50. The number of amides is 1.